The van der Waals surface area contributed by atoms with Crippen LogP contribution in [-0.2, 0) is 9.47 Å². The Balaban J connectivity index is 3.30. The molecule has 6 heteroatoms. The highest BCUT2D eigenvalue weighted by atomic mass is 16.5. The van der Waals surface area contributed by atoms with E-state index < -0.39 is 24.1 Å². The van der Waals surface area contributed by atoms with Crippen molar-refractivity contribution in [3.8, 4) is 0 Å². The number of rotatable bonds is 18. The number of benzene rings is 1. The van der Waals surface area contributed by atoms with Gasteiger partial charge in [-0.3, -0.25) is 0 Å². The summed E-state index contributed by atoms with van der Waals surface area (Å²) in [4.78, 5) is 24.2. The van der Waals surface area contributed by atoms with Crippen molar-refractivity contribution in [2.45, 2.75) is 105 Å². The predicted molar refractivity (Wildman–Crippen MR) is 136 cm³/mol. The minimum Gasteiger partial charge on any atom is -0.478 e. The average Bonchev–Trinajstić information content (AvgIpc) is 2.82. The van der Waals surface area contributed by atoms with Crippen molar-refractivity contribution in [2.75, 3.05) is 13.2 Å². The molecule has 194 valence electrons. The second-order valence-electron chi connectivity index (χ2n) is 9.38. The molecule has 4 unspecified atom stereocenters. The van der Waals surface area contributed by atoms with Crippen molar-refractivity contribution >= 4 is 11.9 Å². The van der Waals surface area contributed by atoms with Crippen molar-refractivity contribution in [3.05, 3.63) is 34.4 Å². The highest BCUT2D eigenvalue weighted by Crippen LogP contribution is 2.35. The van der Waals surface area contributed by atoms with Gasteiger partial charge < -0.3 is 19.7 Å². The Morgan fingerprint density at radius 3 is 1.35 bits per heavy atom. The number of unbranched alkanes of at least 4 members (excludes halogenated alkanes) is 2. The zero-order chi connectivity index (χ0) is 25.7. The summed E-state index contributed by atoms with van der Waals surface area (Å²) in [6, 6.07) is 2.75. The maximum Gasteiger partial charge on any atom is 0.336 e. The Morgan fingerprint density at radius 1 is 0.735 bits per heavy atom. The van der Waals surface area contributed by atoms with E-state index in [1.807, 2.05) is 13.8 Å². The van der Waals surface area contributed by atoms with Crippen molar-refractivity contribution in [1.29, 1.82) is 0 Å². The molecule has 0 amide bonds. The van der Waals surface area contributed by atoms with Gasteiger partial charge in [-0.1, -0.05) is 66.2 Å². The van der Waals surface area contributed by atoms with Gasteiger partial charge in [0.25, 0.3) is 0 Å². The molecule has 0 aromatic heterocycles. The molecule has 6 nitrogen and oxygen atoms in total. The lowest BCUT2D eigenvalue weighted by molar-refractivity contribution is 0.0203. The van der Waals surface area contributed by atoms with Gasteiger partial charge in [-0.05, 0) is 50.7 Å². The summed E-state index contributed by atoms with van der Waals surface area (Å²) in [5, 5.41) is 19.8. The van der Waals surface area contributed by atoms with Gasteiger partial charge in [-0.2, -0.15) is 0 Å². The van der Waals surface area contributed by atoms with E-state index in [9.17, 15) is 19.8 Å². The molecule has 1 aromatic rings. The third kappa shape index (κ3) is 9.03. The van der Waals surface area contributed by atoms with Gasteiger partial charge >= 0.3 is 11.9 Å². The molecule has 0 saturated heterocycles. The first kappa shape index (κ1) is 30.1. The molecule has 0 aliphatic rings. The molecule has 34 heavy (non-hydrogen) atoms. The largest absolute Gasteiger partial charge is 0.478 e. The van der Waals surface area contributed by atoms with Gasteiger partial charge in [0.1, 0.15) is 0 Å². The number of carboxylic acid groups (broad SMARTS) is 2. The first-order valence-electron chi connectivity index (χ1n) is 13.1. The summed E-state index contributed by atoms with van der Waals surface area (Å²) in [7, 11) is 0. The number of carbonyl (C=O) groups is 2. The summed E-state index contributed by atoms with van der Waals surface area (Å²) < 4.78 is 12.4. The SMILES string of the molecule is CCCCC(CC)COC(C)c1c(C(=O)O)ccc(C(=O)O)c1C(C)OCC(CC)CCCC. The quantitative estimate of drug-likeness (QED) is 0.225. The summed E-state index contributed by atoms with van der Waals surface area (Å²) in [5.74, 6) is -1.41. The zero-order valence-corrected chi connectivity index (χ0v) is 22.1. The summed E-state index contributed by atoms with van der Waals surface area (Å²) in [5.41, 5.74) is 0.962. The van der Waals surface area contributed by atoms with E-state index in [2.05, 4.69) is 27.7 Å². The topological polar surface area (TPSA) is 93.1 Å². The van der Waals surface area contributed by atoms with Crippen LogP contribution in [0.1, 0.15) is 137 Å². The standard InChI is InChI=1S/C28H46O6/c1-7-11-13-21(9-3)17-33-19(5)25-23(27(29)30)15-16-24(28(31)32)26(25)20(6)34-18-22(10-4)14-12-8-2/h15-16,19-22H,7-14,17-18H2,1-6H3,(H,29,30)(H,31,32). The van der Waals surface area contributed by atoms with Crippen molar-refractivity contribution in [3.63, 3.8) is 0 Å². The Kier molecular flexibility index (Phi) is 14.1. The van der Waals surface area contributed by atoms with E-state index in [-0.39, 0.29) is 11.1 Å². The van der Waals surface area contributed by atoms with Crippen LogP contribution in [-0.4, -0.2) is 35.4 Å². The molecule has 0 heterocycles. The lowest BCUT2D eigenvalue weighted by Crippen LogP contribution is -2.21. The molecule has 0 bridgehead atoms. The molecule has 1 rings (SSSR count). The van der Waals surface area contributed by atoms with Crippen LogP contribution in [0, 0.1) is 11.8 Å². The van der Waals surface area contributed by atoms with Crippen LogP contribution in [0.25, 0.3) is 0 Å². The molecule has 0 fully saturated rings. The van der Waals surface area contributed by atoms with Gasteiger partial charge in [0.15, 0.2) is 0 Å². The smallest absolute Gasteiger partial charge is 0.336 e. The molecule has 0 radical (unpaired) electrons. The van der Waals surface area contributed by atoms with Gasteiger partial charge in [0.05, 0.1) is 36.5 Å². The molecule has 0 aliphatic carbocycles. The van der Waals surface area contributed by atoms with Crippen molar-refractivity contribution in [1.82, 2.24) is 0 Å². The van der Waals surface area contributed by atoms with Gasteiger partial charge in [-0.25, -0.2) is 9.59 Å². The highest BCUT2D eigenvalue weighted by molar-refractivity contribution is 5.95. The minimum absolute atomic E-state index is 0.0718. The van der Waals surface area contributed by atoms with Crippen LogP contribution in [0.5, 0.6) is 0 Å². The number of hydrogen-bond donors (Lipinski definition) is 2. The lowest BCUT2D eigenvalue weighted by Gasteiger charge is -2.27. The third-order valence-electron chi connectivity index (χ3n) is 6.81. The molecular weight excluding hydrogens is 432 g/mol. The van der Waals surface area contributed by atoms with E-state index in [0.29, 0.717) is 36.2 Å². The van der Waals surface area contributed by atoms with E-state index in [4.69, 9.17) is 9.47 Å². The first-order valence-corrected chi connectivity index (χ1v) is 13.1. The Bertz CT molecular complexity index is 697. The third-order valence-corrected chi connectivity index (χ3v) is 6.81. The normalized spacial score (nSPS) is 15.0. The predicted octanol–water partition coefficient (Wildman–Crippen LogP) is 7.67. The van der Waals surface area contributed by atoms with Crippen LogP contribution in [0.15, 0.2) is 12.1 Å². The van der Waals surface area contributed by atoms with Crippen LogP contribution in [0.4, 0.5) is 0 Å². The fourth-order valence-corrected chi connectivity index (χ4v) is 4.41. The molecule has 2 N–H and O–H groups in total. The van der Waals surface area contributed by atoms with Crippen molar-refractivity contribution in [2.24, 2.45) is 11.8 Å². The van der Waals surface area contributed by atoms with Crippen molar-refractivity contribution < 1.29 is 29.3 Å². The van der Waals surface area contributed by atoms with E-state index in [1.54, 1.807) is 0 Å². The number of carboxylic acids is 2. The van der Waals surface area contributed by atoms with Gasteiger partial charge in [-0.15, -0.1) is 0 Å². The average molecular weight is 479 g/mol. The second-order valence-corrected chi connectivity index (χ2v) is 9.38. The van der Waals surface area contributed by atoms with Crippen LogP contribution in [0.3, 0.4) is 0 Å². The number of hydrogen-bond acceptors (Lipinski definition) is 4. The summed E-state index contributed by atoms with van der Waals surface area (Å²) >= 11 is 0. The Hall–Kier alpha value is -1.92. The van der Waals surface area contributed by atoms with Gasteiger partial charge in [0.2, 0.25) is 0 Å². The molecular formula is C28H46O6. The summed E-state index contributed by atoms with van der Waals surface area (Å²) in [6.07, 6.45) is 7.43. The highest BCUT2D eigenvalue weighted by Gasteiger charge is 2.29. The minimum atomic E-state index is -1.09. The second kappa shape index (κ2) is 15.9. The van der Waals surface area contributed by atoms with Crippen LogP contribution in [0.2, 0.25) is 0 Å². The maximum absolute atomic E-state index is 12.1. The fraction of sp³-hybridized carbons (Fsp3) is 0.714. The zero-order valence-electron chi connectivity index (χ0n) is 22.1. The lowest BCUT2D eigenvalue weighted by atomic mass is 9.89. The van der Waals surface area contributed by atoms with E-state index in [0.717, 1.165) is 51.4 Å². The molecule has 0 aliphatic heterocycles. The monoisotopic (exact) mass is 478 g/mol. The van der Waals surface area contributed by atoms with E-state index >= 15 is 0 Å². The number of aromatic carboxylic acids is 2. The summed E-state index contributed by atoms with van der Waals surface area (Å²) in [6.45, 7) is 13.2. The molecule has 1 aromatic carbocycles. The first-order chi connectivity index (χ1) is 16.2. The fourth-order valence-electron chi connectivity index (χ4n) is 4.41. The molecule has 0 spiro atoms. The van der Waals surface area contributed by atoms with Crippen LogP contribution < -0.4 is 0 Å². The number of ether oxygens (including phenoxy) is 2. The van der Waals surface area contributed by atoms with Crippen LogP contribution >= 0.6 is 0 Å². The van der Waals surface area contributed by atoms with E-state index in [1.165, 1.54) is 12.1 Å². The maximum atomic E-state index is 12.1. The molecule has 4 atom stereocenters. The Morgan fingerprint density at radius 2 is 1.09 bits per heavy atom. The molecule has 0 saturated carbocycles. The van der Waals surface area contributed by atoms with Gasteiger partial charge in [0, 0.05) is 11.1 Å². The Labute approximate surface area is 206 Å².